The van der Waals surface area contributed by atoms with Gasteiger partial charge < -0.3 is 19.5 Å². The standard InChI is InChI=1S/C23H22N2O4/c1-28-18-9-7-16(8-10-18)20-12-11-19(23(26)27)22(24-20)25-13-14-29-21(15-25)17-5-3-2-4-6-17/h2-12,21H,13-15H2,1H3,(H,26,27). The van der Waals surface area contributed by atoms with E-state index in [1.165, 1.54) is 0 Å². The summed E-state index contributed by atoms with van der Waals surface area (Å²) >= 11 is 0. The van der Waals surface area contributed by atoms with Crippen LogP contribution in [0.3, 0.4) is 0 Å². The zero-order valence-corrected chi connectivity index (χ0v) is 16.1. The van der Waals surface area contributed by atoms with Crippen molar-refractivity contribution in [3.63, 3.8) is 0 Å². The van der Waals surface area contributed by atoms with Crippen molar-refractivity contribution in [2.45, 2.75) is 6.10 Å². The number of pyridine rings is 1. The number of carboxylic acid groups (broad SMARTS) is 1. The Morgan fingerprint density at radius 1 is 1.10 bits per heavy atom. The van der Waals surface area contributed by atoms with Gasteiger partial charge in [-0.05, 0) is 42.0 Å². The lowest BCUT2D eigenvalue weighted by Crippen LogP contribution is -2.39. The zero-order valence-electron chi connectivity index (χ0n) is 16.1. The zero-order chi connectivity index (χ0) is 20.2. The fourth-order valence-corrected chi connectivity index (χ4v) is 3.49. The third-order valence-corrected chi connectivity index (χ3v) is 5.03. The first kappa shape index (κ1) is 19.0. The second kappa shape index (κ2) is 8.32. The fraction of sp³-hybridized carbons (Fsp3) is 0.217. The Balaban J connectivity index is 1.68. The van der Waals surface area contributed by atoms with Crippen LogP contribution in [0.5, 0.6) is 5.75 Å². The van der Waals surface area contributed by atoms with E-state index in [0.29, 0.717) is 25.5 Å². The maximum Gasteiger partial charge on any atom is 0.339 e. The predicted octanol–water partition coefficient (Wildman–Crippen LogP) is 4.03. The van der Waals surface area contributed by atoms with Gasteiger partial charge in [-0.25, -0.2) is 9.78 Å². The summed E-state index contributed by atoms with van der Waals surface area (Å²) < 4.78 is 11.1. The molecule has 1 aromatic heterocycles. The van der Waals surface area contributed by atoms with Crippen molar-refractivity contribution in [3.8, 4) is 17.0 Å². The molecule has 1 N–H and O–H groups in total. The number of aromatic carboxylic acids is 1. The van der Waals surface area contributed by atoms with Crippen LogP contribution in [0.25, 0.3) is 11.3 Å². The predicted molar refractivity (Wildman–Crippen MR) is 111 cm³/mol. The molecule has 0 saturated carbocycles. The number of methoxy groups -OCH3 is 1. The first-order valence-electron chi connectivity index (χ1n) is 9.46. The average Bonchev–Trinajstić information content (AvgIpc) is 2.79. The van der Waals surface area contributed by atoms with Gasteiger partial charge in [-0.3, -0.25) is 0 Å². The summed E-state index contributed by atoms with van der Waals surface area (Å²) in [4.78, 5) is 18.6. The first-order valence-corrected chi connectivity index (χ1v) is 9.46. The summed E-state index contributed by atoms with van der Waals surface area (Å²) in [7, 11) is 1.62. The minimum absolute atomic E-state index is 0.127. The number of hydrogen-bond acceptors (Lipinski definition) is 5. The molecule has 1 aliphatic heterocycles. The molecular formula is C23H22N2O4. The Hall–Kier alpha value is -3.38. The van der Waals surface area contributed by atoms with E-state index < -0.39 is 5.97 Å². The van der Waals surface area contributed by atoms with Crippen molar-refractivity contribution in [1.82, 2.24) is 4.98 Å². The van der Waals surface area contributed by atoms with Gasteiger partial charge in [0, 0.05) is 18.7 Å². The molecule has 0 radical (unpaired) electrons. The molecule has 1 atom stereocenters. The van der Waals surface area contributed by atoms with E-state index in [9.17, 15) is 9.90 Å². The molecule has 2 heterocycles. The largest absolute Gasteiger partial charge is 0.497 e. The van der Waals surface area contributed by atoms with Gasteiger partial charge in [-0.15, -0.1) is 0 Å². The van der Waals surface area contributed by atoms with E-state index in [-0.39, 0.29) is 11.7 Å². The number of carbonyl (C=O) groups is 1. The van der Waals surface area contributed by atoms with Crippen molar-refractivity contribution < 1.29 is 19.4 Å². The van der Waals surface area contributed by atoms with Crippen molar-refractivity contribution >= 4 is 11.8 Å². The molecule has 0 aliphatic carbocycles. The third-order valence-electron chi connectivity index (χ3n) is 5.03. The van der Waals surface area contributed by atoms with Crippen molar-refractivity contribution in [2.75, 3.05) is 31.7 Å². The maximum absolute atomic E-state index is 11.8. The highest BCUT2D eigenvalue weighted by Gasteiger charge is 2.26. The molecule has 6 heteroatoms. The Morgan fingerprint density at radius 2 is 1.86 bits per heavy atom. The van der Waals surface area contributed by atoms with Crippen LogP contribution in [0, 0.1) is 0 Å². The van der Waals surface area contributed by atoms with Crippen LogP contribution in [-0.4, -0.2) is 42.9 Å². The lowest BCUT2D eigenvalue weighted by atomic mass is 10.1. The summed E-state index contributed by atoms with van der Waals surface area (Å²) in [6.45, 7) is 1.64. The van der Waals surface area contributed by atoms with E-state index in [1.807, 2.05) is 59.5 Å². The van der Waals surface area contributed by atoms with Crippen molar-refractivity contribution in [3.05, 3.63) is 77.9 Å². The Labute approximate surface area is 169 Å². The van der Waals surface area contributed by atoms with Crippen LogP contribution in [-0.2, 0) is 4.74 Å². The van der Waals surface area contributed by atoms with Gasteiger partial charge in [-0.2, -0.15) is 0 Å². The number of carboxylic acids is 1. The number of rotatable bonds is 5. The van der Waals surface area contributed by atoms with Gasteiger partial charge in [0.1, 0.15) is 23.2 Å². The highest BCUT2D eigenvalue weighted by Crippen LogP contribution is 2.30. The van der Waals surface area contributed by atoms with E-state index in [0.717, 1.165) is 22.6 Å². The highest BCUT2D eigenvalue weighted by atomic mass is 16.5. The fourth-order valence-electron chi connectivity index (χ4n) is 3.49. The van der Waals surface area contributed by atoms with Crippen LogP contribution >= 0.6 is 0 Å². The molecule has 0 spiro atoms. The van der Waals surface area contributed by atoms with E-state index in [4.69, 9.17) is 14.5 Å². The highest BCUT2D eigenvalue weighted by molar-refractivity contribution is 5.94. The minimum Gasteiger partial charge on any atom is -0.497 e. The van der Waals surface area contributed by atoms with Crippen LogP contribution in [0.1, 0.15) is 22.0 Å². The lowest BCUT2D eigenvalue weighted by Gasteiger charge is -2.34. The summed E-state index contributed by atoms with van der Waals surface area (Å²) in [6, 6.07) is 20.9. The summed E-state index contributed by atoms with van der Waals surface area (Å²) in [6.07, 6.45) is -0.127. The van der Waals surface area contributed by atoms with Crippen molar-refractivity contribution in [2.24, 2.45) is 0 Å². The summed E-state index contributed by atoms with van der Waals surface area (Å²) in [5, 5.41) is 9.69. The number of nitrogens with zero attached hydrogens (tertiary/aromatic N) is 2. The maximum atomic E-state index is 11.8. The van der Waals surface area contributed by atoms with Gasteiger partial charge in [0.2, 0.25) is 0 Å². The van der Waals surface area contributed by atoms with Crippen LogP contribution in [0.4, 0.5) is 5.82 Å². The molecule has 0 amide bonds. The lowest BCUT2D eigenvalue weighted by molar-refractivity contribution is 0.0393. The quantitative estimate of drug-likeness (QED) is 0.709. The normalized spacial score (nSPS) is 16.4. The number of anilines is 1. The second-order valence-electron chi connectivity index (χ2n) is 6.82. The van der Waals surface area contributed by atoms with Crippen LogP contribution in [0.15, 0.2) is 66.7 Å². The number of morpholine rings is 1. The average molecular weight is 390 g/mol. The number of ether oxygens (including phenoxy) is 2. The molecule has 4 rings (SSSR count). The van der Waals surface area contributed by atoms with E-state index in [1.54, 1.807) is 19.2 Å². The molecule has 0 bridgehead atoms. The Bertz CT molecular complexity index is 990. The van der Waals surface area contributed by atoms with Gasteiger partial charge in [-0.1, -0.05) is 30.3 Å². The second-order valence-corrected chi connectivity index (χ2v) is 6.82. The molecule has 29 heavy (non-hydrogen) atoms. The van der Waals surface area contributed by atoms with Gasteiger partial charge in [0.25, 0.3) is 0 Å². The molecule has 1 aliphatic rings. The van der Waals surface area contributed by atoms with Crippen LogP contribution in [0.2, 0.25) is 0 Å². The van der Waals surface area contributed by atoms with E-state index in [2.05, 4.69) is 0 Å². The molecule has 1 fully saturated rings. The molecule has 2 aromatic carbocycles. The van der Waals surface area contributed by atoms with E-state index >= 15 is 0 Å². The van der Waals surface area contributed by atoms with Crippen molar-refractivity contribution in [1.29, 1.82) is 0 Å². The Morgan fingerprint density at radius 3 is 2.55 bits per heavy atom. The van der Waals surface area contributed by atoms with Gasteiger partial charge in [0.05, 0.1) is 19.4 Å². The third kappa shape index (κ3) is 4.07. The van der Waals surface area contributed by atoms with Gasteiger partial charge in [0.15, 0.2) is 0 Å². The SMILES string of the molecule is COc1ccc(-c2ccc(C(=O)O)c(N3CCOC(c4ccccc4)C3)n2)cc1. The Kier molecular flexibility index (Phi) is 5.44. The smallest absolute Gasteiger partial charge is 0.339 e. The molecule has 148 valence electrons. The first-order chi connectivity index (χ1) is 14.2. The number of hydrogen-bond donors (Lipinski definition) is 1. The van der Waals surface area contributed by atoms with Gasteiger partial charge >= 0.3 is 5.97 Å². The molecule has 6 nitrogen and oxygen atoms in total. The molecule has 3 aromatic rings. The number of benzene rings is 2. The number of aromatic nitrogens is 1. The summed E-state index contributed by atoms with van der Waals surface area (Å²) in [5.74, 6) is 0.238. The topological polar surface area (TPSA) is 71.9 Å². The summed E-state index contributed by atoms with van der Waals surface area (Å²) in [5.41, 5.74) is 2.88. The molecule has 1 saturated heterocycles. The molecular weight excluding hydrogens is 368 g/mol. The monoisotopic (exact) mass is 390 g/mol. The minimum atomic E-state index is -0.989. The van der Waals surface area contributed by atoms with Crippen LogP contribution < -0.4 is 9.64 Å². The molecule has 1 unspecified atom stereocenters.